The van der Waals surface area contributed by atoms with Crippen molar-refractivity contribution < 1.29 is 14.3 Å². The molecule has 0 amide bonds. The first-order chi connectivity index (χ1) is 16.2. The topological polar surface area (TPSA) is 47.6 Å². The molecule has 4 nitrogen and oxygen atoms in total. The van der Waals surface area contributed by atoms with E-state index in [4.69, 9.17) is 9.47 Å². The zero-order valence-electron chi connectivity index (χ0n) is 21.4. The molecule has 7 atom stereocenters. The van der Waals surface area contributed by atoms with Gasteiger partial charge in [0.05, 0.1) is 11.5 Å². The van der Waals surface area contributed by atoms with E-state index >= 15 is 0 Å². The normalized spacial score (nSPS) is 38.0. The molecule has 1 aromatic carbocycles. The third kappa shape index (κ3) is 4.86. The van der Waals surface area contributed by atoms with E-state index in [0.29, 0.717) is 30.3 Å². The van der Waals surface area contributed by atoms with Gasteiger partial charge in [-0.1, -0.05) is 49.4 Å². The van der Waals surface area contributed by atoms with Gasteiger partial charge in [-0.2, -0.15) is 0 Å². The first-order valence-electron chi connectivity index (χ1n) is 13.5. The molecule has 4 aliphatic rings. The Kier molecular flexibility index (Phi) is 6.67. The zero-order valence-corrected chi connectivity index (χ0v) is 21.4. The van der Waals surface area contributed by atoms with Gasteiger partial charge < -0.3 is 14.8 Å². The van der Waals surface area contributed by atoms with Crippen LogP contribution in [0.2, 0.25) is 0 Å². The SMILES string of the molecule is C=C1CCC[C@]2(C)C[C@H]3OC(=O)[C@H](CN[C@H](Cc4ccccc4)[C@@H]4CCOC(C)(C)C4)[C@H]3C[C@@H]12. The summed E-state index contributed by atoms with van der Waals surface area (Å²) in [4.78, 5) is 13.1. The second-order valence-electron chi connectivity index (χ2n) is 12.5. The lowest BCUT2D eigenvalue weighted by atomic mass is 9.55. The summed E-state index contributed by atoms with van der Waals surface area (Å²) in [5.41, 5.74) is 2.92. The number of ether oxygens (including phenoxy) is 2. The van der Waals surface area contributed by atoms with Crippen LogP contribution in [0.25, 0.3) is 0 Å². The van der Waals surface area contributed by atoms with Crippen LogP contribution in [0.3, 0.4) is 0 Å². The van der Waals surface area contributed by atoms with Gasteiger partial charge in [-0.3, -0.25) is 4.79 Å². The lowest BCUT2D eigenvalue weighted by Crippen LogP contribution is -2.49. The largest absolute Gasteiger partial charge is 0.462 e. The van der Waals surface area contributed by atoms with Gasteiger partial charge in [-0.15, -0.1) is 0 Å². The Morgan fingerprint density at radius 2 is 1.97 bits per heavy atom. The van der Waals surface area contributed by atoms with Crippen molar-refractivity contribution in [1.82, 2.24) is 5.32 Å². The predicted molar refractivity (Wildman–Crippen MR) is 135 cm³/mol. The molecule has 0 unspecified atom stereocenters. The van der Waals surface area contributed by atoms with E-state index in [1.807, 2.05) is 0 Å². The van der Waals surface area contributed by atoms with Crippen LogP contribution in [0.4, 0.5) is 0 Å². The molecule has 2 aliphatic carbocycles. The molecule has 186 valence electrons. The van der Waals surface area contributed by atoms with Crippen LogP contribution in [-0.4, -0.2) is 36.9 Å². The first kappa shape index (κ1) is 24.1. The van der Waals surface area contributed by atoms with Gasteiger partial charge in [0.1, 0.15) is 6.10 Å². The molecule has 0 bridgehead atoms. The van der Waals surface area contributed by atoms with Crippen LogP contribution < -0.4 is 5.32 Å². The summed E-state index contributed by atoms with van der Waals surface area (Å²) in [6.45, 7) is 12.8. The van der Waals surface area contributed by atoms with Gasteiger partial charge in [0.15, 0.2) is 0 Å². The number of rotatable bonds is 6. The molecule has 0 aromatic heterocycles. The van der Waals surface area contributed by atoms with E-state index in [9.17, 15) is 4.79 Å². The minimum atomic E-state index is -0.0912. The molecular weight excluding hydrogens is 422 g/mol. The Morgan fingerprint density at radius 1 is 1.18 bits per heavy atom. The number of nitrogens with one attached hydrogen (secondary N) is 1. The molecule has 34 heavy (non-hydrogen) atoms. The number of allylic oxidation sites excluding steroid dienone is 1. The highest BCUT2D eigenvalue weighted by Crippen LogP contribution is 2.56. The second-order valence-corrected chi connectivity index (χ2v) is 12.5. The molecule has 2 aliphatic heterocycles. The minimum absolute atomic E-state index is 0.0149. The predicted octanol–water partition coefficient (Wildman–Crippen LogP) is 5.71. The van der Waals surface area contributed by atoms with E-state index in [-0.39, 0.29) is 29.0 Å². The van der Waals surface area contributed by atoms with E-state index < -0.39 is 0 Å². The van der Waals surface area contributed by atoms with Crippen molar-refractivity contribution in [3.8, 4) is 0 Å². The van der Waals surface area contributed by atoms with Gasteiger partial charge in [-0.25, -0.2) is 0 Å². The highest BCUT2D eigenvalue weighted by Gasteiger charge is 2.55. The maximum Gasteiger partial charge on any atom is 0.310 e. The summed E-state index contributed by atoms with van der Waals surface area (Å²) < 4.78 is 12.0. The molecule has 2 saturated carbocycles. The summed E-state index contributed by atoms with van der Waals surface area (Å²) in [7, 11) is 0. The van der Waals surface area contributed by atoms with Crippen molar-refractivity contribution in [2.24, 2.45) is 29.1 Å². The van der Waals surface area contributed by atoms with Crippen LogP contribution in [-0.2, 0) is 20.7 Å². The van der Waals surface area contributed by atoms with Crippen molar-refractivity contribution in [1.29, 1.82) is 0 Å². The Morgan fingerprint density at radius 3 is 2.74 bits per heavy atom. The Labute approximate surface area is 205 Å². The Hall–Kier alpha value is -1.65. The van der Waals surface area contributed by atoms with Gasteiger partial charge in [0.2, 0.25) is 0 Å². The zero-order chi connectivity index (χ0) is 23.9. The molecular formula is C30H43NO3. The first-order valence-corrected chi connectivity index (χ1v) is 13.5. The molecule has 4 fully saturated rings. The van der Waals surface area contributed by atoms with Crippen LogP contribution in [0, 0.1) is 29.1 Å². The molecule has 1 aromatic rings. The van der Waals surface area contributed by atoms with E-state index in [2.05, 4.69) is 63.0 Å². The number of carbonyl (C=O) groups excluding carboxylic acids is 1. The van der Waals surface area contributed by atoms with Crippen LogP contribution in [0.5, 0.6) is 0 Å². The molecule has 0 radical (unpaired) electrons. The smallest absolute Gasteiger partial charge is 0.310 e. The summed E-state index contributed by atoms with van der Waals surface area (Å²) >= 11 is 0. The molecule has 2 saturated heterocycles. The Bertz CT molecular complexity index is 896. The third-order valence-corrected chi connectivity index (χ3v) is 9.52. The number of hydrogen-bond acceptors (Lipinski definition) is 4. The van der Waals surface area contributed by atoms with Crippen molar-refractivity contribution in [3.05, 3.63) is 48.0 Å². The van der Waals surface area contributed by atoms with E-state index in [0.717, 1.165) is 45.1 Å². The number of carbonyl (C=O) groups is 1. The van der Waals surface area contributed by atoms with Gasteiger partial charge in [0.25, 0.3) is 0 Å². The molecule has 4 heteroatoms. The van der Waals surface area contributed by atoms with E-state index in [1.54, 1.807) is 0 Å². The lowest BCUT2D eigenvalue weighted by Gasteiger charge is -2.50. The quantitative estimate of drug-likeness (QED) is 0.432. The van der Waals surface area contributed by atoms with E-state index in [1.165, 1.54) is 24.0 Å². The third-order valence-electron chi connectivity index (χ3n) is 9.52. The van der Waals surface area contributed by atoms with Crippen molar-refractivity contribution in [3.63, 3.8) is 0 Å². The van der Waals surface area contributed by atoms with Crippen LogP contribution in [0.1, 0.15) is 71.3 Å². The van der Waals surface area contributed by atoms with Crippen molar-refractivity contribution in [2.45, 2.75) is 89.9 Å². The fourth-order valence-corrected chi connectivity index (χ4v) is 7.66. The van der Waals surface area contributed by atoms with Gasteiger partial charge in [-0.05, 0) is 88.0 Å². The fourth-order valence-electron chi connectivity index (χ4n) is 7.66. The lowest BCUT2D eigenvalue weighted by molar-refractivity contribution is -0.146. The number of benzene rings is 1. The van der Waals surface area contributed by atoms with Crippen molar-refractivity contribution >= 4 is 5.97 Å². The standard InChI is InChI=1S/C30H43NO3/c1-20-9-8-13-30(4)18-27-23(16-25(20)30)24(28(32)34-27)19-31-26(15-21-10-6-5-7-11-21)22-12-14-33-29(2,3)17-22/h5-7,10-11,22-27,31H,1,8-9,12-19H2,2-4H3/t22-,23-,24-,25+,26-,27-,30-/m1/s1. The average molecular weight is 466 g/mol. The maximum atomic E-state index is 13.1. The highest BCUT2D eigenvalue weighted by molar-refractivity contribution is 5.75. The average Bonchev–Trinajstić information content (AvgIpc) is 3.08. The van der Waals surface area contributed by atoms with Crippen LogP contribution in [0.15, 0.2) is 42.5 Å². The van der Waals surface area contributed by atoms with Gasteiger partial charge >= 0.3 is 5.97 Å². The summed E-state index contributed by atoms with van der Waals surface area (Å²) in [6, 6.07) is 11.1. The highest BCUT2D eigenvalue weighted by atomic mass is 16.6. The Balaban J connectivity index is 1.30. The van der Waals surface area contributed by atoms with Crippen LogP contribution >= 0.6 is 0 Å². The fraction of sp³-hybridized carbons (Fsp3) is 0.700. The summed E-state index contributed by atoms with van der Waals surface area (Å²) in [5, 5.41) is 3.90. The number of esters is 1. The number of fused-ring (bicyclic) bond motifs is 2. The molecule has 0 spiro atoms. The monoisotopic (exact) mass is 465 g/mol. The van der Waals surface area contributed by atoms with Gasteiger partial charge in [0, 0.05) is 25.1 Å². The summed E-state index contributed by atoms with van der Waals surface area (Å²) in [5.74, 6) is 1.36. The maximum absolute atomic E-state index is 13.1. The molecule has 1 N–H and O–H groups in total. The molecule has 2 heterocycles. The molecule has 5 rings (SSSR count). The second kappa shape index (κ2) is 9.43. The summed E-state index contributed by atoms with van der Waals surface area (Å²) in [6.07, 6.45) is 8.85. The van der Waals surface area contributed by atoms with Crippen molar-refractivity contribution in [2.75, 3.05) is 13.2 Å². The minimum Gasteiger partial charge on any atom is -0.462 e. The number of hydrogen-bond donors (Lipinski definition) is 1.